The third-order valence-electron chi connectivity index (χ3n) is 4.38. The van der Waals surface area contributed by atoms with E-state index in [9.17, 15) is 0 Å². The molecule has 24 heavy (non-hydrogen) atoms. The average Bonchev–Trinajstić information content (AvgIpc) is 2.95. The summed E-state index contributed by atoms with van der Waals surface area (Å²) in [6.45, 7) is 0. The average molecular weight is 330 g/mol. The molecule has 0 radical (unpaired) electrons. The second-order valence-corrected chi connectivity index (χ2v) is 6.11. The zero-order valence-corrected chi connectivity index (χ0v) is 13.4. The summed E-state index contributed by atoms with van der Waals surface area (Å²) in [7, 11) is 0. The molecule has 0 atom stereocenters. The predicted molar refractivity (Wildman–Crippen MR) is 98.9 cm³/mol. The van der Waals surface area contributed by atoms with Crippen molar-refractivity contribution in [2.75, 3.05) is 0 Å². The number of hydrogen-bond donors (Lipinski definition) is 0. The van der Waals surface area contributed by atoms with E-state index in [0.717, 1.165) is 27.6 Å². The van der Waals surface area contributed by atoms with Crippen LogP contribution in [0.1, 0.15) is 0 Å². The van der Waals surface area contributed by atoms with Crippen LogP contribution in [-0.2, 0) is 0 Å². The Bertz CT molecular complexity index is 1210. The number of fused-ring (bicyclic) bond motifs is 4. The molecule has 3 aromatic carbocycles. The molecule has 4 heteroatoms. The van der Waals surface area contributed by atoms with Crippen molar-refractivity contribution in [2.24, 2.45) is 0 Å². The largest absolute Gasteiger partial charge is 0.305 e. The number of para-hydroxylation sites is 1. The summed E-state index contributed by atoms with van der Waals surface area (Å²) in [6, 6.07) is 22.9. The van der Waals surface area contributed by atoms with Gasteiger partial charge in [-0.15, -0.1) is 0 Å². The fraction of sp³-hybridized carbons (Fsp3) is 0. The van der Waals surface area contributed by atoms with E-state index in [1.165, 1.54) is 17.1 Å². The highest BCUT2D eigenvalue weighted by Gasteiger charge is 2.17. The molecule has 0 spiro atoms. The Hall–Kier alpha value is -2.91. The number of benzene rings is 3. The van der Waals surface area contributed by atoms with Crippen LogP contribution in [0.4, 0.5) is 0 Å². The van der Waals surface area contributed by atoms with Gasteiger partial charge in [0.15, 0.2) is 5.15 Å². The van der Waals surface area contributed by atoms with Gasteiger partial charge in [0.05, 0.1) is 5.52 Å². The Kier molecular flexibility index (Phi) is 2.84. The molecule has 114 valence electrons. The van der Waals surface area contributed by atoms with E-state index in [2.05, 4.69) is 57.0 Å². The lowest BCUT2D eigenvalue weighted by Gasteiger charge is -2.08. The van der Waals surface area contributed by atoms with Gasteiger partial charge in [-0.1, -0.05) is 54.1 Å². The van der Waals surface area contributed by atoms with Gasteiger partial charge in [0, 0.05) is 11.1 Å². The first kappa shape index (κ1) is 13.5. The highest BCUT2D eigenvalue weighted by atomic mass is 35.5. The van der Waals surface area contributed by atoms with E-state index >= 15 is 0 Å². The molecule has 0 saturated carbocycles. The SMILES string of the molecule is Clc1ncnc2c3cc4ccccc4cc3n(-c3ccccc3)c12. The van der Waals surface area contributed by atoms with Gasteiger partial charge >= 0.3 is 0 Å². The zero-order valence-electron chi connectivity index (χ0n) is 12.6. The molecule has 5 aromatic rings. The lowest BCUT2D eigenvalue weighted by atomic mass is 10.1. The molecule has 3 nitrogen and oxygen atoms in total. The van der Waals surface area contributed by atoms with Crippen LogP contribution in [0.3, 0.4) is 0 Å². The van der Waals surface area contributed by atoms with Crippen molar-refractivity contribution in [2.45, 2.75) is 0 Å². The second kappa shape index (κ2) is 5.05. The van der Waals surface area contributed by atoms with Crippen LogP contribution < -0.4 is 0 Å². The molecule has 0 aliphatic heterocycles. The van der Waals surface area contributed by atoms with E-state index < -0.39 is 0 Å². The maximum absolute atomic E-state index is 6.44. The number of nitrogens with zero attached hydrogens (tertiary/aromatic N) is 3. The topological polar surface area (TPSA) is 30.7 Å². The minimum absolute atomic E-state index is 0.462. The van der Waals surface area contributed by atoms with Gasteiger partial charge in [-0.3, -0.25) is 0 Å². The Morgan fingerprint density at radius 1 is 0.792 bits per heavy atom. The first-order valence-electron chi connectivity index (χ1n) is 7.72. The molecule has 2 aromatic heterocycles. The van der Waals surface area contributed by atoms with Crippen LogP contribution in [-0.4, -0.2) is 14.5 Å². The maximum atomic E-state index is 6.44. The molecule has 0 saturated heterocycles. The summed E-state index contributed by atoms with van der Waals surface area (Å²) < 4.78 is 2.14. The molecule has 5 rings (SSSR count). The Balaban J connectivity index is 2.06. The summed E-state index contributed by atoms with van der Waals surface area (Å²) in [4.78, 5) is 8.70. The van der Waals surface area contributed by atoms with Gasteiger partial charge < -0.3 is 4.57 Å². The van der Waals surface area contributed by atoms with Crippen molar-refractivity contribution in [3.63, 3.8) is 0 Å². The summed E-state index contributed by atoms with van der Waals surface area (Å²) >= 11 is 6.44. The first-order chi connectivity index (χ1) is 11.8. The smallest absolute Gasteiger partial charge is 0.157 e. The second-order valence-electron chi connectivity index (χ2n) is 5.75. The number of aromatic nitrogens is 3. The monoisotopic (exact) mass is 329 g/mol. The van der Waals surface area contributed by atoms with Gasteiger partial charge in [0.25, 0.3) is 0 Å². The van der Waals surface area contributed by atoms with Crippen LogP contribution in [0.15, 0.2) is 73.1 Å². The molecule has 0 amide bonds. The van der Waals surface area contributed by atoms with Gasteiger partial charge in [0.1, 0.15) is 17.4 Å². The van der Waals surface area contributed by atoms with Crippen molar-refractivity contribution < 1.29 is 0 Å². The summed E-state index contributed by atoms with van der Waals surface area (Å²) in [6.07, 6.45) is 1.52. The maximum Gasteiger partial charge on any atom is 0.157 e. The van der Waals surface area contributed by atoms with Crippen molar-refractivity contribution in [3.8, 4) is 5.69 Å². The highest BCUT2D eigenvalue weighted by Crippen LogP contribution is 2.35. The molecule has 0 aliphatic rings. The first-order valence-corrected chi connectivity index (χ1v) is 8.09. The number of hydrogen-bond acceptors (Lipinski definition) is 2. The Morgan fingerprint density at radius 3 is 2.29 bits per heavy atom. The molecule has 2 heterocycles. The van der Waals surface area contributed by atoms with Crippen LogP contribution in [0.5, 0.6) is 0 Å². The molecule has 0 bridgehead atoms. The lowest BCUT2D eigenvalue weighted by Crippen LogP contribution is -1.95. The lowest BCUT2D eigenvalue weighted by molar-refractivity contribution is 1.14. The van der Waals surface area contributed by atoms with E-state index in [1.807, 2.05) is 24.3 Å². The molecular formula is C20H12ClN3. The van der Waals surface area contributed by atoms with Crippen molar-refractivity contribution in [1.82, 2.24) is 14.5 Å². The fourth-order valence-corrected chi connectivity index (χ4v) is 3.54. The standard InChI is InChI=1S/C20H12ClN3/c21-20-19-18(22-12-23-20)16-10-13-6-4-5-7-14(13)11-17(16)24(19)15-8-2-1-3-9-15/h1-12H. The minimum Gasteiger partial charge on any atom is -0.305 e. The van der Waals surface area contributed by atoms with Crippen LogP contribution in [0, 0.1) is 0 Å². The van der Waals surface area contributed by atoms with E-state index in [1.54, 1.807) is 0 Å². The molecule has 0 N–H and O–H groups in total. The molecule has 0 unspecified atom stereocenters. The van der Waals surface area contributed by atoms with Gasteiger partial charge in [0.2, 0.25) is 0 Å². The molecule has 0 fully saturated rings. The van der Waals surface area contributed by atoms with E-state index in [-0.39, 0.29) is 0 Å². The van der Waals surface area contributed by atoms with Crippen LogP contribution in [0.25, 0.3) is 38.4 Å². The predicted octanol–water partition coefficient (Wildman–Crippen LogP) is 5.38. The molecular weight excluding hydrogens is 318 g/mol. The summed E-state index contributed by atoms with van der Waals surface area (Å²) in [5.41, 5.74) is 3.84. The zero-order chi connectivity index (χ0) is 16.1. The minimum atomic E-state index is 0.462. The van der Waals surface area contributed by atoms with Crippen molar-refractivity contribution in [1.29, 1.82) is 0 Å². The van der Waals surface area contributed by atoms with E-state index in [0.29, 0.717) is 5.15 Å². The third kappa shape index (κ3) is 1.85. The Morgan fingerprint density at radius 2 is 1.50 bits per heavy atom. The Labute approximate surface area is 143 Å². The fourth-order valence-electron chi connectivity index (χ4n) is 3.32. The van der Waals surface area contributed by atoms with Crippen LogP contribution in [0.2, 0.25) is 5.15 Å². The number of halogens is 1. The number of rotatable bonds is 1. The van der Waals surface area contributed by atoms with Crippen molar-refractivity contribution >= 4 is 44.3 Å². The summed E-state index contributed by atoms with van der Waals surface area (Å²) in [5, 5.41) is 3.92. The van der Waals surface area contributed by atoms with Gasteiger partial charge in [-0.2, -0.15) is 0 Å². The third-order valence-corrected chi connectivity index (χ3v) is 4.65. The highest BCUT2D eigenvalue weighted by molar-refractivity contribution is 6.35. The van der Waals surface area contributed by atoms with Crippen LogP contribution >= 0.6 is 11.6 Å². The van der Waals surface area contributed by atoms with Crippen molar-refractivity contribution in [3.05, 3.63) is 78.2 Å². The normalized spacial score (nSPS) is 11.5. The van der Waals surface area contributed by atoms with E-state index in [4.69, 9.17) is 11.6 Å². The summed E-state index contributed by atoms with van der Waals surface area (Å²) in [5.74, 6) is 0. The van der Waals surface area contributed by atoms with Gasteiger partial charge in [-0.05, 0) is 35.0 Å². The van der Waals surface area contributed by atoms with Gasteiger partial charge in [-0.25, -0.2) is 9.97 Å². The molecule has 0 aliphatic carbocycles. The quantitative estimate of drug-likeness (QED) is 0.386.